The van der Waals surface area contributed by atoms with Crippen molar-refractivity contribution in [1.29, 1.82) is 0 Å². The van der Waals surface area contributed by atoms with E-state index in [1.807, 2.05) is 0 Å². The van der Waals surface area contributed by atoms with Gasteiger partial charge in [-0.2, -0.15) is 0 Å². The van der Waals surface area contributed by atoms with Gasteiger partial charge >= 0.3 is 5.97 Å². The zero-order valence-electron chi connectivity index (χ0n) is 13.7. The van der Waals surface area contributed by atoms with Crippen LogP contribution in [0.5, 0.6) is 11.5 Å². The lowest BCUT2D eigenvalue weighted by Crippen LogP contribution is -2.22. The summed E-state index contributed by atoms with van der Waals surface area (Å²) >= 11 is 0. The van der Waals surface area contributed by atoms with Gasteiger partial charge in [-0.3, -0.25) is 9.59 Å². The Morgan fingerprint density at radius 3 is 2.62 bits per heavy atom. The van der Waals surface area contributed by atoms with Crippen LogP contribution in [0.2, 0.25) is 0 Å². The number of carbonyl (C=O) groups is 2. The zero-order valence-corrected chi connectivity index (χ0v) is 13.7. The number of benzene rings is 1. The van der Waals surface area contributed by atoms with Gasteiger partial charge in [-0.1, -0.05) is 19.3 Å². The topological polar surface area (TPSA) is 73.9 Å². The van der Waals surface area contributed by atoms with E-state index in [0.29, 0.717) is 42.7 Å². The fourth-order valence-corrected chi connectivity index (χ4v) is 3.15. The monoisotopic (exact) mass is 333 g/mol. The standard InChI is InChI=1S/C18H23NO5/c20-17(12-24-18(21)10-13-4-2-1-3-5-13)19-14-6-7-15-16(11-14)23-9-8-22-15/h6-7,11,13H,1-5,8-10,12H2,(H,19,20). The summed E-state index contributed by atoms with van der Waals surface area (Å²) in [6, 6.07) is 5.19. The van der Waals surface area contributed by atoms with E-state index in [4.69, 9.17) is 14.2 Å². The van der Waals surface area contributed by atoms with E-state index in [1.54, 1.807) is 18.2 Å². The molecule has 1 heterocycles. The van der Waals surface area contributed by atoms with Gasteiger partial charge in [-0.25, -0.2) is 0 Å². The van der Waals surface area contributed by atoms with Crippen molar-refractivity contribution in [3.8, 4) is 11.5 Å². The highest BCUT2D eigenvalue weighted by molar-refractivity contribution is 5.93. The summed E-state index contributed by atoms with van der Waals surface area (Å²) in [4.78, 5) is 23.7. The van der Waals surface area contributed by atoms with E-state index in [-0.39, 0.29) is 18.5 Å². The normalized spacial score (nSPS) is 17.2. The predicted octanol–water partition coefficient (Wildman–Crippen LogP) is 2.91. The molecular formula is C18H23NO5. The highest BCUT2D eigenvalue weighted by Gasteiger charge is 2.19. The van der Waals surface area contributed by atoms with Crippen LogP contribution in [0.4, 0.5) is 5.69 Å². The maximum atomic E-state index is 11.9. The number of anilines is 1. The molecule has 0 unspecified atom stereocenters. The Labute approximate surface area is 141 Å². The molecule has 1 fully saturated rings. The molecule has 6 nitrogen and oxygen atoms in total. The number of hydrogen-bond acceptors (Lipinski definition) is 5. The van der Waals surface area contributed by atoms with Crippen molar-refractivity contribution in [3.63, 3.8) is 0 Å². The van der Waals surface area contributed by atoms with E-state index < -0.39 is 0 Å². The quantitative estimate of drug-likeness (QED) is 0.839. The molecule has 1 saturated carbocycles. The second-order valence-corrected chi connectivity index (χ2v) is 6.28. The number of ether oxygens (including phenoxy) is 3. The van der Waals surface area contributed by atoms with Gasteiger partial charge in [-0.15, -0.1) is 0 Å². The van der Waals surface area contributed by atoms with E-state index in [2.05, 4.69) is 5.32 Å². The van der Waals surface area contributed by atoms with Crippen molar-refractivity contribution in [2.75, 3.05) is 25.1 Å². The third-order valence-electron chi connectivity index (χ3n) is 4.37. The van der Waals surface area contributed by atoms with Gasteiger partial charge in [0.05, 0.1) is 0 Å². The molecule has 0 spiro atoms. The Kier molecular flexibility index (Phi) is 5.56. The molecule has 0 atom stereocenters. The first kappa shape index (κ1) is 16.6. The van der Waals surface area contributed by atoms with Crippen LogP contribution in [0.15, 0.2) is 18.2 Å². The van der Waals surface area contributed by atoms with Crippen molar-refractivity contribution in [1.82, 2.24) is 0 Å². The number of fused-ring (bicyclic) bond motifs is 1. The first-order valence-electron chi connectivity index (χ1n) is 8.56. The van der Waals surface area contributed by atoms with Crippen molar-refractivity contribution in [3.05, 3.63) is 18.2 Å². The number of nitrogens with one attached hydrogen (secondary N) is 1. The van der Waals surface area contributed by atoms with Crippen LogP contribution in [0.1, 0.15) is 38.5 Å². The van der Waals surface area contributed by atoms with E-state index in [1.165, 1.54) is 19.3 Å². The van der Waals surface area contributed by atoms with Gasteiger partial charge in [0.2, 0.25) is 0 Å². The number of hydrogen-bond donors (Lipinski definition) is 1. The first-order valence-corrected chi connectivity index (χ1v) is 8.56. The molecule has 0 radical (unpaired) electrons. The molecular weight excluding hydrogens is 310 g/mol. The molecule has 6 heteroatoms. The van der Waals surface area contributed by atoms with Crippen LogP contribution in [-0.4, -0.2) is 31.7 Å². The summed E-state index contributed by atoms with van der Waals surface area (Å²) in [7, 11) is 0. The molecule has 1 amide bonds. The summed E-state index contributed by atoms with van der Waals surface area (Å²) in [6.07, 6.45) is 6.20. The zero-order chi connectivity index (χ0) is 16.8. The van der Waals surface area contributed by atoms with Gasteiger partial charge in [0.25, 0.3) is 5.91 Å². The maximum absolute atomic E-state index is 11.9. The molecule has 1 N–H and O–H groups in total. The lowest BCUT2D eigenvalue weighted by Gasteiger charge is -2.20. The molecule has 3 rings (SSSR count). The fraction of sp³-hybridized carbons (Fsp3) is 0.556. The van der Waals surface area contributed by atoms with Crippen LogP contribution in [-0.2, 0) is 14.3 Å². The van der Waals surface area contributed by atoms with Crippen LogP contribution < -0.4 is 14.8 Å². The predicted molar refractivity (Wildman–Crippen MR) is 88.2 cm³/mol. The molecule has 130 valence electrons. The SMILES string of the molecule is O=C(COC(=O)CC1CCCCC1)Nc1ccc2c(c1)OCCO2. The van der Waals surface area contributed by atoms with Crippen LogP contribution in [0.3, 0.4) is 0 Å². The van der Waals surface area contributed by atoms with Gasteiger partial charge < -0.3 is 19.5 Å². The first-order chi connectivity index (χ1) is 11.7. The van der Waals surface area contributed by atoms with Gasteiger partial charge in [0.1, 0.15) is 13.2 Å². The van der Waals surface area contributed by atoms with Crippen LogP contribution in [0.25, 0.3) is 0 Å². The number of amides is 1. The fourth-order valence-electron chi connectivity index (χ4n) is 3.15. The van der Waals surface area contributed by atoms with Gasteiger partial charge in [-0.05, 0) is 30.9 Å². The van der Waals surface area contributed by atoms with Crippen LogP contribution >= 0.6 is 0 Å². The largest absolute Gasteiger partial charge is 0.486 e. The number of esters is 1. The van der Waals surface area contributed by atoms with Gasteiger partial charge in [0.15, 0.2) is 18.1 Å². The highest BCUT2D eigenvalue weighted by Crippen LogP contribution is 2.32. The second kappa shape index (κ2) is 8.04. The number of carbonyl (C=O) groups excluding carboxylic acids is 2. The lowest BCUT2D eigenvalue weighted by atomic mass is 9.87. The molecule has 0 aromatic heterocycles. The summed E-state index contributed by atoms with van der Waals surface area (Å²) in [5.41, 5.74) is 0.590. The highest BCUT2D eigenvalue weighted by atomic mass is 16.6. The van der Waals surface area contributed by atoms with Crippen molar-refractivity contribution >= 4 is 17.6 Å². The summed E-state index contributed by atoms with van der Waals surface area (Å²) < 4.78 is 16.0. The molecule has 0 bridgehead atoms. The molecule has 1 aromatic carbocycles. The Balaban J connectivity index is 1.42. The van der Waals surface area contributed by atoms with Crippen molar-refractivity contribution in [2.45, 2.75) is 38.5 Å². The Hall–Kier alpha value is -2.24. The Morgan fingerprint density at radius 2 is 1.83 bits per heavy atom. The maximum Gasteiger partial charge on any atom is 0.306 e. The molecule has 24 heavy (non-hydrogen) atoms. The van der Waals surface area contributed by atoms with E-state index in [0.717, 1.165) is 12.8 Å². The minimum Gasteiger partial charge on any atom is -0.486 e. The number of rotatable bonds is 5. The van der Waals surface area contributed by atoms with Crippen LogP contribution in [0, 0.1) is 5.92 Å². The Morgan fingerprint density at radius 1 is 1.08 bits per heavy atom. The summed E-state index contributed by atoms with van der Waals surface area (Å²) in [5.74, 6) is 1.03. The average Bonchev–Trinajstić information content (AvgIpc) is 2.61. The minimum absolute atomic E-state index is 0.264. The summed E-state index contributed by atoms with van der Waals surface area (Å²) in [5, 5.41) is 2.70. The smallest absolute Gasteiger partial charge is 0.306 e. The van der Waals surface area contributed by atoms with Crippen molar-refractivity contribution in [2.24, 2.45) is 5.92 Å². The van der Waals surface area contributed by atoms with Crippen molar-refractivity contribution < 1.29 is 23.8 Å². The van der Waals surface area contributed by atoms with E-state index >= 15 is 0 Å². The molecule has 1 aliphatic carbocycles. The minimum atomic E-state index is -0.358. The Bertz CT molecular complexity index is 595. The van der Waals surface area contributed by atoms with Gasteiger partial charge in [0, 0.05) is 18.2 Å². The molecule has 2 aliphatic rings. The second-order valence-electron chi connectivity index (χ2n) is 6.28. The lowest BCUT2D eigenvalue weighted by molar-refractivity contribution is -0.148. The third kappa shape index (κ3) is 4.63. The molecule has 1 aromatic rings. The van der Waals surface area contributed by atoms with E-state index in [9.17, 15) is 9.59 Å². The third-order valence-corrected chi connectivity index (χ3v) is 4.37. The average molecular weight is 333 g/mol. The molecule has 0 saturated heterocycles. The molecule has 1 aliphatic heterocycles. The summed E-state index contributed by atoms with van der Waals surface area (Å²) in [6.45, 7) is 0.749.